The van der Waals surface area contributed by atoms with Crippen LogP contribution in [0.4, 0.5) is 10.8 Å². The summed E-state index contributed by atoms with van der Waals surface area (Å²) in [5.74, 6) is -0.405. The van der Waals surface area contributed by atoms with Gasteiger partial charge in [-0.1, -0.05) is 13.8 Å². The van der Waals surface area contributed by atoms with Gasteiger partial charge in [0.25, 0.3) is 5.91 Å². The fourth-order valence-electron chi connectivity index (χ4n) is 3.20. The van der Waals surface area contributed by atoms with E-state index in [2.05, 4.69) is 28.7 Å². The van der Waals surface area contributed by atoms with Gasteiger partial charge in [-0.2, -0.15) is 0 Å². The zero-order valence-electron chi connectivity index (χ0n) is 15.2. The largest absolute Gasteiger partial charge is 0.366 e. The molecule has 3 rings (SSSR count). The van der Waals surface area contributed by atoms with Crippen LogP contribution in [0, 0.1) is 6.92 Å². The number of nitrogens with zero attached hydrogens (tertiary/aromatic N) is 3. The van der Waals surface area contributed by atoms with Crippen LogP contribution in [-0.2, 0) is 0 Å². The molecule has 0 saturated carbocycles. The molecule has 0 aliphatic heterocycles. The van der Waals surface area contributed by atoms with Crippen LogP contribution in [0.5, 0.6) is 0 Å². The van der Waals surface area contributed by atoms with E-state index in [0.29, 0.717) is 11.6 Å². The van der Waals surface area contributed by atoms with Crippen LogP contribution in [0.2, 0.25) is 0 Å². The smallest absolute Gasteiger partial charge is 0.250 e. The fraction of sp³-hybridized carbons (Fsp3) is 0.316. The van der Waals surface area contributed by atoms with Gasteiger partial charge in [0, 0.05) is 23.3 Å². The summed E-state index contributed by atoms with van der Waals surface area (Å²) in [4.78, 5) is 20.6. The summed E-state index contributed by atoms with van der Waals surface area (Å²) >= 11 is 1.52. The highest BCUT2D eigenvalue weighted by Gasteiger charge is 2.22. The lowest BCUT2D eigenvalue weighted by Crippen LogP contribution is -2.14. The molecule has 0 radical (unpaired) electrons. The van der Waals surface area contributed by atoms with Gasteiger partial charge in [-0.3, -0.25) is 9.78 Å². The van der Waals surface area contributed by atoms with Crippen LogP contribution in [-0.4, -0.2) is 20.4 Å². The molecule has 6 nitrogen and oxygen atoms in total. The first-order valence-electron chi connectivity index (χ1n) is 8.69. The Morgan fingerprint density at radius 1 is 1.38 bits per heavy atom. The van der Waals surface area contributed by atoms with Crippen LogP contribution in [0.1, 0.15) is 48.8 Å². The van der Waals surface area contributed by atoms with Crippen LogP contribution in [0.15, 0.2) is 36.0 Å². The third-order valence-electron chi connectivity index (χ3n) is 4.54. The van der Waals surface area contributed by atoms with Crippen molar-refractivity contribution in [3.05, 3.63) is 47.2 Å². The summed E-state index contributed by atoms with van der Waals surface area (Å²) in [5, 5.41) is 6.04. The van der Waals surface area contributed by atoms with Crippen LogP contribution in [0.3, 0.4) is 0 Å². The summed E-state index contributed by atoms with van der Waals surface area (Å²) in [6, 6.07) is 5.97. The maximum absolute atomic E-state index is 11.8. The number of rotatable bonds is 7. The molecule has 3 heterocycles. The SMILES string of the molecule is CCC(CC)n1c(-c2csc(Nc3cccnc3)n2)cc(C(N)=O)c1C. The van der Waals surface area contributed by atoms with Gasteiger partial charge in [0.15, 0.2) is 5.13 Å². The molecule has 26 heavy (non-hydrogen) atoms. The van der Waals surface area contributed by atoms with Gasteiger partial charge < -0.3 is 15.6 Å². The second-order valence-electron chi connectivity index (χ2n) is 6.14. The average Bonchev–Trinajstić information content (AvgIpc) is 3.22. The van der Waals surface area contributed by atoms with E-state index in [-0.39, 0.29) is 0 Å². The zero-order chi connectivity index (χ0) is 18.7. The van der Waals surface area contributed by atoms with E-state index >= 15 is 0 Å². The molecule has 0 atom stereocenters. The van der Waals surface area contributed by atoms with Gasteiger partial charge in [0.1, 0.15) is 0 Å². The van der Waals surface area contributed by atoms with E-state index in [1.165, 1.54) is 11.3 Å². The van der Waals surface area contributed by atoms with E-state index < -0.39 is 5.91 Å². The van der Waals surface area contributed by atoms with Crippen LogP contribution in [0.25, 0.3) is 11.4 Å². The second kappa shape index (κ2) is 7.70. The number of nitrogens with one attached hydrogen (secondary N) is 1. The van der Waals surface area contributed by atoms with E-state index in [1.54, 1.807) is 12.4 Å². The maximum Gasteiger partial charge on any atom is 0.250 e. The highest BCUT2D eigenvalue weighted by atomic mass is 32.1. The molecule has 0 spiro atoms. The Kier molecular flexibility index (Phi) is 5.37. The highest BCUT2D eigenvalue weighted by molar-refractivity contribution is 7.14. The summed E-state index contributed by atoms with van der Waals surface area (Å²) in [6.07, 6.45) is 5.43. The number of anilines is 2. The van der Waals surface area contributed by atoms with Crippen molar-refractivity contribution in [2.24, 2.45) is 5.73 Å². The molecule has 0 unspecified atom stereocenters. The van der Waals surface area contributed by atoms with Crippen LogP contribution < -0.4 is 11.1 Å². The Hall–Kier alpha value is -2.67. The Labute approximate surface area is 157 Å². The molecule has 3 aromatic heterocycles. The van der Waals surface area contributed by atoms with E-state index in [4.69, 9.17) is 10.7 Å². The average molecular weight is 369 g/mol. The molecule has 3 N–H and O–H groups in total. The monoisotopic (exact) mass is 369 g/mol. The molecule has 0 fully saturated rings. The van der Waals surface area contributed by atoms with Crippen molar-refractivity contribution >= 4 is 28.1 Å². The number of thiazole rings is 1. The maximum atomic E-state index is 11.8. The summed E-state index contributed by atoms with van der Waals surface area (Å²) < 4.78 is 2.20. The molecule has 0 aliphatic rings. The molecule has 136 valence electrons. The van der Waals surface area contributed by atoms with Crippen molar-refractivity contribution in [1.29, 1.82) is 0 Å². The third-order valence-corrected chi connectivity index (χ3v) is 5.30. The quantitative estimate of drug-likeness (QED) is 0.641. The van der Waals surface area contributed by atoms with Gasteiger partial charge in [-0.15, -0.1) is 11.3 Å². The molecule has 1 amide bonds. The molecule has 3 aromatic rings. The highest BCUT2D eigenvalue weighted by Crippen LogP contribution is 2.34. The first kappa shape index (κ1) is 18.1. The minimum absolute atomic E-state index is 0.300. The molecule has 0 aliphatic carbocycles. The predicted molar refractivity (Wildman–Crippen MR) is 106 cm³/mol. The number of amides is 1. The normalized spacial score (nSPS) is 11.1. The van der Waals surface area contributed by atoms with Gasteiger partial charge in [-0.25, -0.2) is 4.98 Å². The number of aromatic nitrogens is 3. The lowest BCUT2D eigenvalue weighted by Gasteiger charge is -2.20. The lowest BCUT2D eigenvalue weighted by atomic mass is 10.1. The summed E-state index contributed by atoms with van der Waals surface area (Å²) in [6.45, 7) is 6.25. The Morgan fingerprint density at radius 3 is 2.77 bits per heavy atom. The molecule has 0 saturated heterocycles. The summed E-state index contributed by atoms with van der Waals surface area (Å²) in [5.41, 5.74) is 9.69. The van der Waals surface area contributed by atoms with Crippen molar-refractivity contribution in [3.63, 3.8) is 0 Å². The van der Waals surface area contributed by atoms with Crippen molar-refractivity contribution in [2.75, 3.05) is 5.32 Å². The minimum Gasteiger partial charge on any atom is -0.366 e. The van der Waals surface area contributed by atoms with E-state index in [0.717, 1.165) is 40.7 Å². The first-order valence-corrected chi connectivity index (χ1v) is 9.57. The summed E-state index contributed by atoms with van der Waals surface area (Å²) in [7, 11) is 0. The van der Waals surface area contributed by atoms with Crippen molar-refractivity contribution < 1.29 is 4.79 Å². The van der Waals surface area contributed by atoms with Gasteiger partial charge in [0.05, 0.1) is 28.8 Å². The Morgan fingerprint density at radius 2 is 2.15 bits per heavy atom. The fourth-order valence-corrected chi connectivity index (χ4v) is 3.93. The molecular formula is C19H23N5OS. The van der Waals surface area contributed by atoms with Gasteiger partial charge in [0.2, 0.25) is 0 Å². The molecule has 0 bridgehead atoms. The van der Waals surface area contributed by atoms with Crippen molar-refractivity contribution in [1.82, 2.24) is 14.5 Å². The zero-order valence-corrected chi connectivity index (χ0v) is 16.0. The predicted octanol–water partition coefficient (Wildman–Crippen LogP) is 4.52. The Balaban J connectivity index is 2.01. The standard InChI is InChI=1S/C19H23N5OS/c1-4-14(5-2)24-12(3)15(18(20)25)9-17(24)16-11-26-19(23-16)22-13-7-6-8-21-10-13/h6-11,14H,4-5H2,1-3H3,(H2,20,25)(H,22,23). The van der Waals surface area contributed by atoms with Crippen molar-refractivity contribution in [3.8, 4) is 11.4 Å². The Bertz CT molecular complexity index is 896. The number of hydrogen-bond acceptors (Lipinski definition) is 5. The third kappa shape index (κ3) is 3.48. The topological polar surface area (TPSA) is 85.8 Å². The number of nitrogens with two attached hydrogens (primary N) is 1. The van der Waals surface area contributed by atoms with E-state index in [1.807, 2.05) is 30.5 Å². The number of carbonyl (C=O) groups excluding carboxylic acids is 1. The van der Waals surface area contributed by atoms with Gasteiger partial charge >= 0.3 is 0 Å². The van der Waals surface area contributed by atoms with Crippen molar-refractivity contribution in [2.45, 2.75) is 39.7 Å². The van der Waals surface area contributed by atoms with E-state index in [9.17, 15) is 4.79 Å². The number of primary amides is 1. The molecule has 7 heteroatoms. The number of hydrogen-bond donors (Lipinski definition) is 2. The van der Waals surface area contributed by atoms with Gasteiger partial charge in [-0.05, 0) is 38.0 Å². The second-order valence-corrected chi connectivity index (χ2v) is 7.00. The molecule has 0 aromatic carbocycles. The number of carbonyl (C=O) groups is 1. The van der Waals surface area contributed by atoms with Crippen LogP contribution >= 0.6 is 11.3 Å². The first-order chi connectivity index (χ1) is 12.5. The lowest BCUT2D eigenvalue weighted by molar-refractivity contribution is 0.0999. The minimum atomic E-state index is -0.405. The number of pyridine rings is 1. The molecular weight excluding hydrogens is 346 g/mol.